The first-order chi connectivity index (χ1) is 6.35. The number of unbranched alkanes of at least 4 members (excludes halogenated alkanes) is 3. The molecule has 1 heteroatoms. The summed E-state index contributed by atoms with van der Waals surface area (Å²) >= 11 is 0. The molecule has 0 saturated carbocycles. The van der Waals surface area contributed by atoms with Crippen LogP contribution in [-0.4, -0.2) is 24.5 Å². The van der Waals surface area contributed by atoms with Crippen LogP contribution in [0.1, 0.15) is 75.0 Å². The van der Waals surface area contributed by atoms with Crippen molar-refractivity contribution in [1.29, 1.82) is 0 Å². The molecule has 0 radical (unpaired) electrons. The molecule has 0 rings (SSSR count). The minimum absolute atomic E-state index is 0. The minimum atomic E-state index is 0. The van der Waals surface area contributed by atoms with Crippen molar-refractivity contribution < 1.29 is 15.7 Å². The highest BCUT2D eigenvalue weighted by atomic mass is 15.1. The molecule has 0 aliphatic rings. The van der Waals surface area contributed by atoms with Crippen molar-refractivity contribution in [2.45, 2.75) is 59.3 Å². The van der Waals surface area contributed by atoms with Crippen LogP contribution in [0.3, 0.4) is 0 Å². The Balaban J connectivity index is -0.0000000131. The molecular formula is C12H49N. The van der Waals surface area contributed by atoms with Gasteiger partial charge in [-0.15, -0.1) is 0 Å². The summed E-state index contributed by atoms with van der Waals surface area (Å²) in [5, 5.41) is 0. The van der Waals surface area contributed by atoms with E-state index in [4.69, 9.17) is 0 Å². The first-order valence-electron chi connectivity index (χ1n) is 6.07. The summed E-state index contributed by atoms with van der Waals surface area (Å²) in [5.74, 6) is 0. The van der Waals surface area contributed by atoms with Crippen molar-refractivity contribution in [3.05, 3.63) is 0 Å². The summed E-state index contributed by atoms with van der Waals surface area (Å²) in [7, 11) is 0. The third-order valence-corrected chi connectivity index (χ3v) is 2.48. The van der Waals surface area contributed by atoms with Crippen LogP contribution in [0.25, 0.3) is 0 Å². The van der Waals surface area contributed by atoms with Gasteiger partial charge in [0, 0.05) is 15.7 Å². The SMILES string of the molecule is CCCCN(CCCC)CCCC.[HH].[HH].[HH].[HH].[HH].[HH].[HH].[HH].[HH].[HH].[HH]. The third-order valence-electron chi connectivity index (χ3n) is 2.48. The van der Waals surface area contributed by atoms with Gasteiger partial charge >= 0.3 is 0 Å². The van der Waals surface area contributed by atoms with Crippen molar-refractivity contribution in [3.63, 3.8) is 0 Å². The average Bonchev–Trinajstić information content (AvgIpc) is 2.17. The van der Waals surface area contributed by atoms with Gasteiger partial charge in [-0.1, -0.05) is 40.0 Å². The molecule has 1 nitrogen and oxygen atoms in total. The van der Waals surface area contributed by atoms with Gasteiger partial charge in [0.05, 0.1) is 0 Å². The van der Waals surface area contributed by atoms with Crippen molar-refractivity contribution >= 4 is 0 Å². The van der Waals surface area contributed by atoms with Gasteiger partial charge in [-0.05, 0) is 38.9 Å². The smallest absolute Gasteiger partial charge is 0 e. The Bertz CT molecular complexity index is 96.0. The summed E-state index contributed by atoms with van der Waals surface area (Å²) in [6, 6.07) is 0. The van der Waals surface area contributed by atoms with Crippen LogP contribution in [0.4, 0.5) is 0 Å². The number of hydrogen-bond donors (Lipinski definition) is 0. The molecule has 0 aromatic heterocycles. The largest absolute Gasteiger partial charge is 0.303 e. The van der Waals surface area contributed by atoms with Crippen LogP contribution in [0.5, 0.6) is 0 Å². The Hall–Kier alpha value is -0.0400. The van der Waals surface area contributed by atoms with Gasteiger partial charge in [0.25, 0.3) is 0 Å². The maximum Gasteiger partial charge on any atom is 0 e. The molecule has 0 aromatic rings. The summed E-state index contributed by atoms with van der Waals surface area (Å²) in [6.45, 7) is 10.8. The highest BCUT2D eigenvalue weighted by Crippen LogP contribution is 2.01. The van der Waals surface area contributed by atoms with Crippen LogP contribution in [0, 0.1) is 0 Å². The number of rotatable bonds is 9. The second kappa shape index (κ2) is 10.0. The minimum Gasteiger partial charge on any atom is -0.303 e. The van der Waals surface area contributed by atoms with E-state index in [-0.39, 0.29) is 15.7 Å². The maximum atomic E-state index is 2.64. The van der Waals surface area contributed by atoms with Crippen molar-refractivity contribution in [2.24, 2.45) is 0 Å². The van der Waals surface area contributed by atoms with Gasteiger partial charge in [0.2, 0.25) is 0 Å². The maximum absolute atomic E-state index is 2.64. The van der Waals surface area contributed by atoms with Gasteiger partial charge in [-0.3, -0.25) is 0 Å². The topological polar surface area (TPSA) is 3.24 Å². The quantitative estimate of drug-likeness (QED) is 0.423. The Morgan fingerprint density at radius 2 is 1.00 bits per heavy atom. The molecule has 0 N–H and O–H groups in total. The first kappa shape index (κ1) is 13.0. The van der Waals surface area contributed by atoms with Crippen LogP contribution < -0.4 is 0 Å². The summed E-state index contributed by atoms with van der Waals surface area (Å²) in [6.07, 6.45) is 8.09. The first-order valence-corrected chi connectivity index (χ1v) is 6.07. The van der Waals surface area contributed by atoms with Crippen LogP contribution in [0.15, 0.2) is 0 Å². The van der Waals surface area contributed by atoms with E-state index in [0.717, 1.165) is 0 Å². The van der Waals surface area contributed by atoms with Crippen molar-refractivity contribution in [2.75, 3.05) is 19.6 Å². The van der Waals surface area contributed by atoms with Gasteiger partial charge in [0.1, 0.15) is 0 Å². The van der Waals surface area contributed by atoms with Gasteiger partial charge in [0.15, 0.2) is 0 Å². The van der Waals surface area contributed by atoms with Crippen LogP contribution >= 0.6 is 0 Å². The molecule has 102 valence electrons. The standard InChI is InChI=1S/C12H27N.11H2/c1-4-7-10-13(11-8-5-2)12-9-6-3;;;;;;;;;;;/h4-12H2,1-3H3;11*1H. The normalized spacial score (nSPS) is 11.1. The number of hydrogen-bond acceptors (Lipinski definition) is 1. The van der Waals surface area contributed by atoms with Crippen LogP contribution in [-0.2, 0) is 0 Å². The van der Waals surface area contributed by atoms with E-state index in [1.165, 1.54) is 58.2 Å². The van der Waals surface area contributed by atoms with E-state index in [1.807, 2.05) is 0 Å². The second-order valence-electron chi connectivity index (χ2n) is 3.90. The van der Waals surface area contributed by atoms with Crippen molar-refractivity contribution in [3.8, 4) is 0 Å². The Morgan fingerprint density at radius 3 is 1.23 bits per heavy atom. The lowest BCUT2D eigenvalue weighted by Crippen LogP contribution is -2.27. The molecule has 0 unspecified atom stereocenters. The fraction of sp³-hybridized carbons (Fsp3) is 1.00. The molecule has 0 atom stereocenters. The molecule has 0 heterocycles. The monoisotopic (exact) mass is 207 g/mol. The lowest BCUT2D eigenvalue weighted by Gasteiger charge is -2.21. The van der Waals surface area contributed by atoms with E-state index < -0.39 is 0 Å². The van der Waals surface area contributed by atoms with E-state index in [1.54, 1.807) is 0 Å². The van der Waals surface area contributed by atoms with Gasteiger partial charge in [-0.2, -0.15) is 0 Å². The average molecular weight is 208 g/mol. The summed E-state index contributed by atoms with van der Waals surface area (Å²) < 4.78 is 0. The van der Waals surface area contributed by atoms with Crippen molar-refractivity contribution in [1.82, 2.24) is 4.90 Å². The molecule has 0 fully saturated rings. The van der Waals surface area contributed by atoms with E-state index >= 15 is 0 Å². The molecule has 13 heavy (non-hydrogen) atoms. The zero-order valence-corrected chi connectivity index (χ0v) is 9.81. The highest BCUT2D eigenvalue weighted by molar-refractivity contribution is 4.57. The zero-order chi connectivity index (χ0) is 9.94. The van der Waals surface area contributed by atoms with Gasteiger partial charge < -0.3 is 4.90 Å². The highest BCUT2D eigenvalue weighted by Gasteiger charge is 2.01. The molecule has 0 spiro atoms. The Kier molecular flexibility index (Phi) is 10.0. The predicted octanol–water partition coefficient (Wildman–Crippen LogP) is 6.39. The predicted molar refractivity (Wildman–Crippen MR) is 84.4 cm³/mol. The Morgan fingerprint density at radius 1 is 0.692 bits per heavy atom. The molecular weight excluding hydrogens is 158 g/mol. The molecule has 0 amide bonds. The zero-order valence-electron chi connectivity index (χ0n) is 9.81. The Labute approximate surface area is 101 Å². The van der Waals surface area contributed by atoms with E-state index in [9.17, 15) is 0 Å². The lowest BCUT2D eigenvalue weighted by molar-refractivity contribution is 0.261. The summed E-state index contributed by atoms with van der Waals surface area (Å²) in [4.78, 5) is 2.64. The van der Waals surface area contributed by atoms with Gasteiger partial charge in [-0.25, -0.2) is 0 Å². The number of nitrogens with zero attached hydrogens (tertiary/aromatic N) is 1. The summed E-state index contributed by atoms with van der Waals surface area (Å²) in [5.41, 5.74) is 0. The van der Waals surface area contributed by atoms with E-state index in [2.05, 4.69) is 25.7 Å². The molecule has 0 aliphatic carbocycles. The fourth-order valence-electron chi connectivity index (χ4n) is 1.48. The fourth-order valence-corrected chi connectivity index (χ4v) is 1.48. The molecule has 0 aromatic carbocycles. The van der Waals surface area contributed by atoms with E-state index in [0.29, 0.717) is 0 Å². The molecule has 0 bridgehead atoms. The third kappa shape index (κ3) is 8.29. The molecule has 0 saturated heterocycles. The van der Waals surface area contributed by atoms with Crippen LogP contribution in [0.2, 0.25) is 0 Å². The second-order valence-corrected chi connectivity index (χ2v) is 3.90. The lowest BCUT2D eigenvalue weighted by atomic mass is 10.2. The molecule has 0 aliphatic heterocycles.